The van der Waals surface area contributed by atoms with Crippen molar-refractivity contribution in [2.45, 2.75) is 6.54 Å². The Morgan fingerprint density at radius 2 is 1.82 bits per heavy atom. The molecule has 6 heteroatoms. The molecule has 0 unspecified atom stereocenters. The number of ether oxygens (including phenoxy) is 1. The molecule has 0 saturated carbocycles. The predicted molar refractivity (Wildman–Crippen MR) is 113 cm³/mol. The summed E-state index contributed by atoms with van der Waals surface area (Å²) in [6.07, 6.45) is 1.90. The van der Waals surface area contributed by atoms with Crippen LogP contribution in [-0.4, -0.2) is 49.3 Å². The fourth-order valence-electron chi connectivity index (χ4n) is 3.46. The Morgan fingerprint density at radius 3 is 2.50 bits per heavy atom. The highest BCUT2D eigenvalue weighted by Gasteiger charge is 2.29. The third-order valence-corrected chi connectivity index (χ3v) is 6.11. The molecule has 4 rings (SSSR count). The molecule has 1 saturated heterocycles. The van der Waals surface area contributed by atoms with E-state index in [0.29, 0.717) is 4.91 Å². The van der Waals surface area contributed by atoms with Gasteiger partial charge in [0, 0.05) is 5.56 Å². The molecule has 1 N–H and O–H groups in total. The monoisotopic (exact) mass is 394 g/mol. The van der Waals surface area contributed by atoms with Gasteiger partial charge in [-0.1, -0.05) is 42.5 Å². The van der Waals surface area contributed by atoms with Crippen LogP contribution in [0.25, 0.3) is 6.08 Å². The molecular formula is C22H24N3O2S+. The van der Waals surface area contributed by atoms with Crippen molar-refractivity contribution in [2.24, 2.45) is 4.99 Å². The first-order valence-electron chi connectivity index (χ1n) is 9.50. The van der Waals surface area contributed by atoms with Gasteiger partial charge in [0.05, 0.1) is 38.2 Å². The van der Waals surface area contributed by atoms with Crippen LogP contribution < -0.4 is 9.64 Å². The lowest BCUT2D eigenvalue weighted by atomic mass is 10.2. The smallest absolute Gasteiger partial charge is 0.286 e. The van der Waals surface area contributed by atoms with Crippen LogP contribution in [0.4, 0.5) is 0 Å². The molecule has 2 aliphatic rings. The SMILES string of the molecule is COc1ccc(C=C2SC(N3CC[NH+](Cc4ccccc4)CC3)=NC2=O)cc1. The summed E-state index contributed by atoms with van der Waals surface area (Å²) in [5.74, 6) is 0.662. The zero-order valence-electron chi connectivity index (χ0n) is 15.9. The van der Waals surface area contributed by atoms with Crippen LogP contribution in [0.2, 0.25) is 0 Å². The Balaban J connectivity index is 1.34. The van der Waals surface area contributed by atoms with Gasteiger partial charge in [-0.05, 0) is 35.5 Å². The van der Waals surface area contributed by atoms with E-state index in [1.165, 1.54) is 17.3 Å². The number of methoxy groups -OCH3 is 1. The first-order valence-corrected chi connectivity index (χ1v) is 10.3. The van der Waals surface area contributed by atoms with Crippen molar-refractivity contribution >= 4 is 28.9 Å². The number of piperazine rings is 1. The summed E-state index contributed by atoms with van der Waals surface area (Å²) >= 11 is 1.48. The molecule has 144 valence electrons. The quantitative estimate of drug-likeness (QED) is 0.807. The molecule has 0 atom stereocenters. The van der Waals surface area contributed by atoms with Gasteiger partial charge in [0.2, 0.25) is 0 Å². The summed E-state index contributed by atoms with van der Waals surface area (Å²) in [5.41, 5.74) is 2.35. The zero-order chi connectivity index (χ0) is 19.3. The first kappa shape index (κ1) is 18.8. The number of aliphatic imine (C=N–C) groups is 1. The van der Waals surface area contributed by atoms with Gasteiger partial charge in [-0.15, -0.1) is 0 Å². The molecule has 0 radical (unpaired) electrons. The summed E-state index contributed by atoms with van der Waals surface area (Å²) in [4.78, 5) is 21.1. The molecule has 0 spiro atoms. The number of amidine groups is 1. The van der Waals surface area contributed by atoms with E-state index in [-0.39, 0.29) is 5.91 Å². The second-order valence-electron chi connectivity index (χ2n) is 6.98. The molecule has 2 aromatic rings. The number of hydrogen-bond donors (Lipinski definition) is 1. The molecule has 0 aromatic heterocycles. The fraction of sp³-hybridized carbons (Fsp3) is 0.273. The average molecular weight is 395 g/mol. The lowest BCUT2D eigenvalue weighted by Gasteiger charge is -2.32. The number of quaternary nitrogens is 1. The Hall–Kier alpha value is -2.57. The van der Waals surface area contributed by atoms with Gasteiger partial charge in [-0.3, -0.25) is 4.79 Å². The highest BCUT2D eigenvalue weighted by Crippen LogP contribution is 2.30. The minimum atomic E-state index is -0.144. The van der Waals surface area contributed by atoms with E-state index in [1.54, 1.807) is 12.0 Å². The van der Waals surface area contributed by atoms with E-state index in [0.717, 1.165) is 49.2 Å². The van der Waals surface area contributed by atoms with E-state index in [4.69, 9.17) is 4.74 Å². The summed E-state index contributed by atoms with van der Waals surface area (Å²) in [6.45, 7) is 5.02. The number of hydrogen-bond acceptors (Lipinski definition) is 4. The fourth-order valence-corrected chi connectivity index (χ4v) is 4.43. The van der Waals surface area contributed by atoms with Gasteiger partial charge in [-0.2, -0.15) is 4.99 Å². The van der Waals surface area contributed by atoms with Gasteiger partial charge >= 0.3 is 0 Å². The number of carbonyl (C=O) groups is 1. The largest absolute Gasteiger partial charge is 0.497 e. The van der Waals surface area contributed by atoms with E-state index in [9.17, 15) is 4.79 Å². The number of carbonyl (C=O) groups excluding carboxylic acids is 1. The molecule has 1 amide bonds. The first-order chi connectivity index (χ1) is 13.7. The normalized spacial score (nSPS) is 19.2. The van der Waals surface area contributed by atoms with E-state index in [2.05, 4.69) is 40.2 Å². The third kappa shape index (κ3) is 4.46. The van der Waals surface area contributed by atoms with Crippen molar-refractivity contribution in [1.82, 2.24) is 4.90 Å². The third-order valence-electron chi connectivity index (χ3n) is 5.06. The number of nitrogens with zero attached hydrogens (tertiary/aromatic N) is 2. The van der Waals surface area contributed by atoms with Gasteiger partial charge in [0.1, 0.15) is 12.3 Å². The Kier molecular flexibility index (Phi) is 5.78. The van der Waals surface area contributed by atoms with Gasteiger partial charge in [0.15, 0.2) is 5.17 Å². The van der Waals surface area contributed by atoms with Gasteiger partial charge < -0.3 is 14.5 Å². The van der Waals surface area contributed by atoms with Crippen LogP contribution in [0, 0.1) is 0 Å². The van der Waals surface area contributed by atoms with Crippen molar-refractivity contribution in [3.8, 4) is 5.75 Å². The standard InChI is InChI=1S/C22H23N3O2S/c1-27-19-9-7-17(8-10-19)15-20-21(26)23-22(28-20)25-13-11-24(12-14-25)16-18-5-3-2-4-6-18/h2-10,15H,11-14,16H2,1H3/p+1. The van der Waals surface area contributed by atoms with Crippen molar-refractivity contribution < 1.29 is 14.4 Å². The Labute approximate surface area is 169 Å². The molecule has 2 heterocycles. The molecular weight excluding hydrogens is 370 g/mol. The summed E-state index contributed by atoms with van der Waals surface area (Å²) in [6, 6.07) is 18.3. The summed E-state index contributed by atoms with van der Waals surface area (Å²) in [7, 11) is 1.64. The number of thioether (sulfide) groups is 1. The maximum atomic E-state index is 12.3. The maximum absolute atomic E-state index is 12.3. The lowest BCUT2D eigenvalue weighted by molar-refractivity contribution is -0.917. The van der Waals surface area contributed by atoms with Crippen molar-refractivity contribution in [1.29, 1.82) is 0 Å². The molecule has 0 aliphatic carbocycles. The van der Waals surface area contributed by atoms with Crippen LogP contribution in [-0.2, 0) is 11.3 Å². The van der Waals surface area contributed by atoms with Gasteiger partial charge in [-0.25, -0.2) is 0 Å². The van der Waals surface area contributed by atoms with Crippen LogP contribution in [0.1, 0.15) is 11.1 Å². The molecule has 0 bridgehead atoms. The molecule has 2 aromatic carbocycles. The summed E-state index contributed by atoms with van der Waals surface area (Å²) in [5, 5.41) is 0.837. The second kappa shape index (κ2) is 8.63. The number of amides is 1. The van der Waals surface area contributed by atoms with E-state index >= 15 is 0 Å². The molecule has 1 fully saturated rings. The van der Waals surface area contributed by atoms with E-state index < -0.39 is 0 Å². The lowest BCUT2D eigenvalue weighted by Crippen LogP contribution is -3.13. The Bertz CT molecular complexity index is 886. The molecule has 5 nitrogen and oxygen atoms in total. The highest BCUT2D eigenvalue weighted by molar-refractivity contribution is 8.18. The van der Waals surface area contributed by atoms with Crippen molar-refractivity contribution in [2.75, 3.05) is 33.3 Å². The predicted octanol–water partition coefficient (Wildman–Crippen LogP) is 2.07. The highest BCUT2D eigenvalue weighted by atomic mass is 32.2. The van der Waals surface area contributed by atoms with Crippen LogP contribution in [0.3, 0.4) is 0 Å². The van der Waals surface area contributed by atoms with Crippen molar-refractivity contribution in [3.05, 3.63) is 70.6 Å². The van der Waals surface area contributed by atoms with Crippen molar-refractivity contribution in [3.63, 3.8) is 0 Å². The van der Waals surface area contributed by atoms with Crippen LogP contribution in [0.15, 0.2) is 64.5 Å². The number of nitrogens with one attached hydrogen (secondary N) is 1. The Morgan fingerprint density at radius 1 is 1.11 bits per heavy atom. The number of rotatable bonds is 4. The minimum absolute atomic E-state index is 0.144. The maximum Gasteiger partial charge on any atom is 0.286 e. The minimum Gasteiger partial charge on any atom is -0.497 e. The molecule has 28 heavy (non-hydrogen) atoms. The van der Waals surface area contributed by atoms with E-state index in [1.807, 2.05) is 30.3 Å². The van der Waals surface area contributed by atoms with Crippen LogP contribution >= 0.6 is 11.8 Å². The second-order valence-corrected chi connectivity index (χ2v) is 7.99. The van der Waals surface area contributed by atoms with Crippen LogP contribution in [0.5, 0.6) is 5.75 Å². The topological polar surface area (TPSA) is 46.3 Å². The summed E-state index contributed by atoms with van der Waals surface area (Å²) < 4.78 is 5.18. The molecule has 2 aliphatic heterocycles. The average Bonchev–Trinajstić information content (AvgIpc) is 3.10. The van der Waals surface area contributed by atoms with Gasteiger partial charge in [0.25, 0.3) is 5.91 Å². The number of benzene rings is 2. The zero-order valence-corrected chi connectivity index (χ0v) is 16.7.